The number of nitrogens with two attached hydrogens (primary N) is 1. The van der Waals surface area contributed by atoms with E-state index in [0.29, 0.717) is 0 Å². The highest BCUT2D eigenvalue weighted by atomic mass is 16.6. The van der Waals surface area contributed by atoms with Gasteiger partial charge < -0.3 is 40.0 Å². The summed E-state index contributed by atoms with van der Waals surface area (Å²) in [5.41, 5.74) is 5.04. The Balaban J connectivity index is -0.000000408. The summed E-state index contributed by atoms with van der Waals surface area (Å²) in [6.07, 6.45) is 0. The lowest BCUT2D eigenvalue weighted by molar-refractivity contribution is -0.154. The van der Waals surface area contributed by atoms with E-state index < -0.39 is 71.7 Å². The van der Waals surface area contributed by atoms with Gasteiger partial charge in [-0.1, -0.05) is 84.1 Å². The number of amides is 6. The molecule has 4 unspecified atom stereocenters. The number of carboxylic acids is 2. The number of aliphatic carboxylic acids is 2. The zero-order valence-electron chi connectivity index (χ0n) is 44.6. The zero-order valence-corrected chi connectivity index (χ0v) is 44.6. The maximum atomic E-state index is 11.8. The molecule has 5 N–H and O–H groups in total. The summed E-state index contributed by atoms with van der Waals surface area (Å²) in [5.74, 6) is -9.13. The van der Waals surface area contributed by atoms with Gasteiger partial charge in [-0.15, -0.1) is 0 Å². The molecule has 4 heterocycles. The molecule has 0 aromatic carbocycles. The van der Waals surface area contributed by atoms with Crippen LogP contribution in [0.3, 0.4) is 0 Å². The topological polar surface area (TPSA) is 355 Å². The van der Waals surface area contributed by atoms with E-state index in [4.69, 9.17) is 35.3 Å². The van der Waals surface area contributed by atoms with Gasteiger partial charge in [0.25, 0.3) is 0 Å². The highest BCUT2D eigenvalue weighted by Crippen LogP contribution is 2.29. The summed E-state index contributed by atoms with van der Waals surface area (Å²) in [4.78, 5) is 148. The number of hydrogen-bond donors (Lipinski definition) is 4. The van der Waals surface area contributed by atoms with E-state index in [-0.39, 0.29) is 130 Å². The van der Waals surface area contributed by atoms with E-state index in [9.17, 15) is 62.3 Å². The Bertz CT molecular complexity index is 1730. The normalized spacial score (nSPS) is 25.0. The molecule has 24 heteroatoms. The lowest BCUT2D eigenvalue weighted by Crippen LogP contribution is -2.41. The van der Waals surface area contributed by atoms with Gasteiger partial charge in [-0.05, 0) is 27.7 Å². The van der Waals surface area contributed by atoms with Crippen molar-refractivity contribution < 1.29 is 96.6 Å². The zero-order chi connectivity index (χ0) is 57.0. The molecule has 74 heavy (non-hydrogen) atoms. The Kier molecular flexibility index (Phi) is 34.5. The minimum absolute atomic E-state index is 0. The molecule has 0 spiro atoms. The third kappa shape index (κ3) is 22.5. The Morgan fingerprint density at radius 1 is 0.459 bits per heavy atom. The molecule has 4 rings (SSSR count). The van der Waals surface area contributed by atoms with Crippen LogP contribution in [0.15, 0.2) is 0 Å². The standard InChI is InChI=1S/3C11H17NO4.C6H10O4.C6H8O3.C3H9NO.2CH4/c3*1-6(5-16-9(4)13)12-10(14)7(2)8(3)11(12)15;1-3(5(7)8)4(2)6(9)10;1-3-4(2)6(8)9-5(3)7;1-3(4)2-5;;/h3*6-8H,5H2,1-4H3;3-4H,1-2H3,(H,7,8)(H,9,10);3-4H,1-2H3;3,5H,2,4H2,1H3;2*1H4/t6-,7+,8+;6-,7-,8+;6-,7-,8-;;;3-;;/m000..0../s1. The third-order valence-electron chi connectivity index (χ3n) is 12.4. The number of aliphatic hydroxyl groups is 1. The fourth-order valence-corrected chi connectivity index (χ4v) is 6.29. The van der Waals surface area contributed by atoms with Crippen LogP contribution in [0.4, 0.5) is 0 Å². The number of carbonyl (C=O) groups is 13. The van der Waals surface area contributed by atoms with Gasteiger partial charge in [0.1, 0.15) is 19.8 Å². The number of nitrogens with zero attached hydrogens (tertiary/aromatic N) is 3. The molecule has 4 saturated heterocycles. The van der Waals surface area contributed by atoms with Gasteiger partial charge in [0.2, 0.25) is 35.4 Å². The first-order valence-corrected chi connectivity index (χ1v) is 23.5. The molecule has 14 atom stereocenters. The molecule has 4 fully saturated rings. The average Bonchev–Trinajstić information content (AvgIpc) is 3.82. The van der Waals surface area contributed by atoms with Crippen molar-refractivity contribution >= 4 is 77.2 Å². The molecular weight excluding hydrogens is 977 g/mol. The highest BCUT2D eigenvalue weighted by molar-refractivity contribution is 6.06. The van der Waals surface area contributed by atoms with Crippen LogP contribution in [0, 0.1) is 59.2 Å². The molecule has 426 valence electrons. The third-order valence-corrected chi connectivity index (χ3v) is 12.4. The molecule has 4 aliphatic heterocycles. The molecule has 24 nitrogen and oxygen atoms in total. The fraction of sp³-hybridized carbons (Fsp3) is 0.740. The first-order chi connectivity index (χ1) is 32.9. The second-order valence-electron chi connectivity index (χ2n) is 18.6. The number of carbonyl (C=O) groups excluding carboxylic acids is 11. The first kappa shape index (κ1) is 74.4. The molecule has 0 aromatic heterocycles. The lowest BCUT2D eigenvalue weighted by atomic mass is 9.97. The van der Waals surface area contributed by atoms with Crippen molar-refractivity contribution in [2.24, 2.45) is 64.9 Å². The van der Waals surface area contributed by atoms with Gasteiger partial charge in [0.05, 0.1) is 48.4 Å². The minimum Gasteiger partial charge on any atom is -0.481 e. The van der Waals surface area contributed by atoms with Crippen LogP contribution in [0.25, 0.3) is 0 Å². The largest absolute Gasteiger partial charge is 0.481 e. The number of aliphatic hydroxyl groups excluding tert-OH is 1. The van der Waals surface area contributed by atoms with E-state index in [2.05, 4.69) is 4.74 Å². The number of cyclic esters (lactones) is 2. The van der Waals surface area contributed by atoms with Gasteiger partial charge in [0, 0.05) is 62.3 Å². The maximum Gasteiger partial charge on any atom is 0.317 e. The fourth-order valence-electron chi connectivity index (χ4n) is 6.29. The molecule has 4 aliphatic rings. The van der Waals surface area contributed by atoms with E-state index in [1.54, 1.807) is 83.1 Å². The van der Waals surface area contributed by atoms with Crippen molar-refractivity contribution in [1.82, 2.24) is 14.7 Å². The number of ether oxygens (including phenoxy) is 4. The van der Waals surface area contributed by atoms with Crippen molar-refractivity contribution in [3.05, 3.63) is 0 Å². The molecule has 0 saturated carbocycles. The number of carboxylic acid groups (broad SMARTS) is 2. The Hall–Kier alpha value is -6.17. The van der Waals surface area contributed by atoms with Crippen molar-refractivity contribution in [2.45, 2.75) is 157 Å². The molecule has 0 radical (unpaired) electrons. The van der Waals surface area contributed by atoms with Crippen LogP contribution in [0.1, 0.15) is 133 Å². The van der Waals surface area contributed by atoms with E-state index in [0.717, 1.165) is 0 Å². The van der Waals surface area contributed by atoms with E-state index in [1.807, 2.05) is 0 Å². The van der Waals surface area contributed by atoms with E-state index >= 15 is 0 Å². The Labute approximate surface area is 435 Å². The number of esters is 5. The van der Waals surface area contributed by atoms with Crippen LogP contribution in [0.5, 0.6) is 0 Å². The van der Waals surface area contributed by atoms with Crippen molar-refractivity contribution in [1.29, 1.82) is 0 Å². The van der Waals surface area contributed by atoms with Crippen molar-refractivity contribution in [3.63, 3.8) is 0 Å². The monoisotopic (exact) mass is 1060 g/mol. The minimum atomic E-state index is -1.07. The van der Waals surface area contributed by atoms with Crippen LogP contribution < -0.4 is 5.73 Å². The summed E-state index contributed by atoms with van der Waals surface area (Å²) < 4.78 is 18.7. The second-order valence-corrected chi connectivity index (χ2v) is 18.6. The molecule has 0 aliphatic carbocycles. The van der Waals surface area contributed by atoms with Crippen LogP contribution in [-0.4, -0.2) is 158 Å². The number of likely N-dealkylation sites (tertiary alicyclic amines) is 3. The van der Waals surface area contributed by atoms with Crippen molar-refractivity contribution in [2.75, 3.05) is 26.4 Å². The quantitative estimate of drug-likeness (QED) is 0.0891. The lowest BCUT2D eigenvalue weighted by Gasteiger charge is -2.22. The molecule has 0 aromatic rings. The van der Waals surface area contributed by atoms with Crippen LogP contribution in [0.2, 0.25) is 0 Å². The second kappa shape index (κ2) is 34.3. The summed E-state index contributed by atoms with van der Waals surface area (Å²) in [5, 5.41) is 24.7. The summed E-state index contributed by atoms with van der Waals surface area (Å²) in [7, 11) is 0. The van der Waals surface area contributed by atoms with Gasteiger partial charge in [-0.3, -0.25) is 77.0 Å². The van der Waals surface area contributed by atoms with Gasteiger partial charge in [-0.25, -0.2) is 0 Å². The number of hydrogen-bond acceptors (Lipinski definition) is 19. The summed E-state index contributed by atoms with van der Waals surface area (Å²) >= 11 is 0. The molecule has 6 amide bonds. The van der Waals surface area contributed by atoms with Gasteiger partial charge in [0.15, 0.2) is 0 Å². The average molecular weight is 1060 g/mol. The molecule has 0 bridgehead atoms. The molecular formula is C50H86N4O20. The summed E-state index contributed by atoms with van der Waals surface area (Å²) in [6, 6.07) is -1.24. The van der Waals surface area contributed by atoms with Crippen LogP contribution >= 0.6 is 0 Å². The van der Waals surface area contributed by atoms with E-state index in [1.165, 1.54) is 49.3 Å². The highest BCUT2D eigenvalue weighted by Gasteiger charge is 2.46. The summed E-state index contributed by atoms with van der Waals surface area (Å²) in [6.45, 7) is 27.6. The Morgan fingerprint density at radius 3 is 0.743 bits per heavy atom. The smallest absolute Gasteiger partial charge is 0.317 e. The van der Waals surface area contributed by atoms with Crippen LogP contribution in [-0.2, 0) is 81.3 Å². The predicted octanol–water partition coefficient (Wildman–Crippen LogP) is 3.10. The van der Waals surface area contributed by atoms with Gasteiger partial charge in [-0.2, -0.15) is 0 Å². The predicted molar refractivity (Wildman–Crippen MR) is 266 cm³/mol. The number of imide groups is 3. The number of rotatable bonds is 13. The maximum absolute atomic E-state index is 11.8. The first-order valence-electron chi connectivity index (χ1n) is 23.5. The van der Waals surface area contributed by atoms with Crippen molar-refractivity contribution in [3.8, 4) is 0 Å². The SMILES string of the molecule is C.C.CC(=O)OC[C@H](C)N1C(=O)[C@@H](C)[C@@H](C)C1=O.CC(=O)OC[C@H](C)N1C(=O)[C@@H](C)[C@H](C)C1=O.CC(=O)OC[C@H](C)N1C(=O)[C@H](C)[C@@H](C)C1=O.CC(C(=O)O)C(C)C(=O)O.CC1C(=O)OC(=O)C1C.C[C@H](N)CO. The Morgan fingerprint density at radius 2 is 0.635 bits per heavy atom. The van der Waals surface area contributed by atoms with Gasteiger partial charge >= 0.3 is 41.8 Å².